The van der Waals surface area contributed by atoms with Gasteiger partial charge in [0.2, 0.25) is 0 Å². The molecular formula is C14H9ClF4N2O2. The Morgan fingerprint density at radius 2 is 1.96 bits per heavy atom. The van der Waals surface area contributed by atoms with Crippen LogP contribution >= 0.6 is 11.6 Å². The smallest absolute Gasteiger partial charge is 0.419 e. The van der Waals surface area contributed by atoms with Crippen molar-refractivity contribution in [2.24, 2.45) is 0 Å². The van der Waals surface area contributed by atoms with Crippen molar-refractivity contribution in [3.8, 4) is 11.3 Å². The second-order valence-corrected chi connectivity index (χ2v) is 5.04. The van der Waals surface area contributed by atoms with Crippen molar-refractivity contribution in [3.05, 3.63) is 45.9 Å². The number of rotatable bonds is 2. The van der Waals surface area contributed by atoms with Crippen LogP contribution in [-0.2, 0) is 6.18 Å². The average molecular weight is 349 g/mol. The highest BCUT2D eigenvalue weighted by Crippen LogP contribution is 2.36. The molecule has 0 aliphatic carbocycles. The Morgan fingerprint density at radius 3 is 2.43 bits per heavy atom. The van der Waals surface area contributed by atoms with E-state index in [0.29, 0.717) is 12.1 Å². The zero-order chi connectivity index (χ0) is 17.5. The van der Waals surface area contributed by atoms with E-state index in [4.69, 9.17) is 22.4 Å². The van der Waals surface area contributed by atoms with E-state index in [-0.39, 0.29) is 27.5 Å². The quantitative estimate of drug-likeness (QED) is 0.799. The predicted molar refractivity (Wildman–Crippen MR) is 75.8 cm³/mol. The van der Waals surface area contributed by atoms with Gasteiger partial charge >= 0.3 is 12.1 Å². The Balaban J connectivity index is 2.68. The summed E-state index contributed by atoms with van der Waals surface area (Å²) in [6, 6.07) is 2.16. The molecule has 2 aromatic rings. The molecule has 0 saturated heterocycles. The lowest BCUT2D eigenvalue weighted by Gasteiger charge is -2.13. The van der Waals surface area contributed by atoms with Gasteiger partial charge in [-0.15, -0.1) is 0 Å². The fourth-order valence-corrected chi connectivity index (χ4v) is 2.24. The lowest BCUT2D eigenvalue weighted by molar-refractivity contribution is -0.139. The van der Waals surface area contributed by atoms with Gasteiger partial charge in [0, 0.05) is 5.56 Å². The number of hydrogen-bond donors (Lipinski definition) is 2. The Kier molecular flexibility index (Phi) is 4.21. The SMILES string of the molecule is Cc1c(-c2ccc(C(F)(F)F)c(F)c2)nc(C(=O)O)c(Cl)c1N. The number of nitrogens with zero attached hydrogens (tertiary/aromatic N) is 1. The molecule has 1 heterocycles. The molecule has 0 spiro atoms. The van der Waals surface area contributed by atoms with E-state index in [9.17, 15) is 22.4 Å². The first-order valence-electron chi connectivity index (χ1n) is 6.10. The minimum atomic E-state index is -4.84. The largest absolute Gasteiger partial charge is 0.476 e. The van der Waals surface area contributed by atoms with Gasteiger partial charge in [0.25, 0.3) is 0 Å². The number of benzene rings is 1. The Labute approximate surface area is 132 Å². The van der Waals surface area contributed by atoms with Gasteiger partial charge in [0.05, 0.1) is 22.0 Å². The lowest BCUT2D eigenvalue weighted by Crippen LogP contribution is -2.09. The summed E-state index contributed by atoms with van der Waals surface area (Å²) in [6.07, 6.45) is -4.84. The molecule has 0 saturated carbocycles. The molecule has 0 aliphatic heterocycles. The van der Waals surface area contributed by atoms with Crippen LogP contribution in [0.4, 0.5) is 23.2 Å². The van der Waals surface area contributed by atoms with Crippen LogP contribution < -0.4 is 5.73 Å². The number of anilines is 1. The normalized spacial score (nSPS) is 11.6. The molecule has 4 nitrogen and oxygen atoms in total. The number of carboxylic acid groups (broad SMARTS) is 1. The van der Waals surface area contributed by atoms with Crippen LogP contribution in [-0.4, -0.2) is 16.1 Å². The van der Waals surface area contributed by atoms with Crippen molar-refractivity contribution in [2.75, 3.05) is 5.73 Å². The van der Waals surface area contributed by atoms with E-state index in [1.807, 2.05) is 0 Å². The van der Waals surface area contributed by atoms with Gasteiger partial charge in [-0.3, -0.25) is 0 Å². The van der Waals surface area contributed by atoms with Crippen molar-refractivity contribution in [1.29, 1.82) is 0 Å². The summed E-state index contributed by atoms with van der Waals surface area (Å²) < 4.78 is 51.4. The zero-order valence-electron chi connectivity index (χ0n) is 11.5. The third-order valence-electron chi connectivity index (χ3n) is 3.18. The third kappa shape index (κ3) is 3.07. The van der Waals surface area contributed by atoms with Crippen molar-refractivity contribution in [1.82, 2.24) is 4.98 Å². The first kappa shape index (κ1) is 17.0. The highest BCUT2D eigenvalue weighted by Gasteiger charge is 2.34. The minimum Gasteiger partial charge on any atom is -0.476 e. The van der Waals surface area contributed by atoms with E-state index in [1.165, 1.54) is 6.92 Å². The van der Waals surface area contributed by atoms with Gasteiger partial charge in [0.15, 0.2) is 5.69 Å². The van der Waals surface area contributed by atoms with Gasteiger partial charge < -0.3 is 10.8 Å². The summed E-state index contributed by atoms with van der Waals surface area (Å²) >= 11 is 5.78. The lowest BCUT2D eigenvalue weighted by atomic mass is 10.0. The van der Waals surface area contributed by atoms with Crippen molar-refractivity contribution in [2.45, 2.75) is 13.1 Å². The van der Waals surface area contributed by atoms with E-state index >= 15 is 0 Å². The molecule has 23 heavy (non-hydrogen) atoms. The summed E-state index contributed by atoms with van der Waals surface area (Å²) in [6.45, 7) is 1.45. The molecule has 0 bridgehead atoms. The minimum absolute atomic E-state index is 0.0427. The van der Waals surface area contributed by atoms with Crippen LogP contribution in [0.15, 0.2) is 18.2 Å². The highest BCUT2D eigenvalue weighted by molar-refractivity contribution is 6.36. The average Bonchev–Trinajstić information content (AvgIpc) is 2.43. The van der Waals surface area contributed by atoms with Crippen LogP contribution in [0.2, 0.25) is 5.02 Å². The summed E-state index contributed by atoms with van der Waals surface area (Å²) in [5, 5.41) is 8.75. The fraction of sp³-hybridized carbons (Fsp3) is 0.143. The number of hydrogen-bond acceptors (Lipinski definition) is 3. The maximum absolute atomic E-state index is 13.7. The maximum atomic E-state index is 13.7. The molecule has 9 heteroatoms. The maximum Gasteiger partial charge on any atom is 0.419 e. The van der Waals surface area contributed by atoms with Crippen LogP contribution in [0, 0.1) is 12.7 Å². The molecule has 122 valence electrons. The standard InChI is InChI=1S/C14H9ClF4N2O2/c1-5-10(20)9(15)12(13(22)23)21-11(5)6-2-3-7(8(16)4-6)14(17,18)19/h2-4H,1H3,(H2,20,21)(H,22,23). The first-order chi connectivity index (χ1) is 10.5. The predicted octanol–water partition coefficient (Wildman–Crippen LogP) is 4.15. The number of aromatic nitrogens is 1. The van der Waals surface area contributed by atoms with E-state index in [0.717, 1.165) is 6.07 Å². The molecule has 1 aromatic heterocycles. The fourth-order valence-electron chi connectivity index (χ4n) is 1.98. The van der Waals surface area contributed by atoms with Crippen molar-refractivity contribution < 1.29 is 27.5 Å². The molecule has 0 amide bonds. The highest BCUT2D eigenvalue weighted by atomic mass is 35.5. The first-order valence-corrected chi connectivity index (χ1v) is 6.47. The number of aromatic carboxylic acids is 1. The second-order valence-electron chi connectivity index (χ2n) is 4.66. The number of nitrogen functional groups attached to an aromatic ring is 1. The molecule has 1 aromatic carbocycles. The number of carboxylic acids is 1. The molecule has 0 atom stereocenters. The molecule has 0 unspecified atom stereocenters. The van der Waals surface area contributed by atoms with E-state index in [2.05, 4.69) is 4.98 Å². The topological polar surface area (TPSA) is 76.2 Å². The van der Waals surface area contributed by atoms with Crippen molar-refractivity contribution >= 4 is 23.3 Å². The van der Waals surface area contributed by atoms with Crippen LogP contribution in [0.25, 0.3) is 11.3 Å². The third-order valence-corrected chi connectivity index (χ3v) is 3.56. The summed E-state index contributed by atoms with van der Waals surface area (Å²) in [7, 11) is 0. The molecule has 3 N–H and O–H groups in total. The van der Waals surface area contributed by atoms with Gasteiger partial charge in [-0.25, -0.2) is 14.2 Å². The number of carbonyl (C=O) groups is 1. The summed E-state index contributed by atoms with van der Waals surface area (Å²) in [5.41, 5.74) is 3.74. The summed E-state index contributed by atoms with van der Waals surface area (Å²) in [5.74, 6) is -2.96. The second kappa shape index (κ2) is 5.69. The Morgan fingerprint density at radius 1 is 1.35 bits per heavy atom. The molecule has 2 rings (SSSR count). The Hall–Kier alpha value is -2.35. The number of halogens is 5. The van der Waals surface area contributed by atoms with Gasteiger partial charge in [-0.1, -0.05) is 17.7 Å². The molecule has 0 aliphatic rings. The van der Waals surface area contributed by atoms with Crippen LogP contribution in [0.1, 0.15) is 21.6 Å². The van der Waals surface area contributed by atoms with E-state index < -0.39 is 29.2 Å². The monoisotopic (exact) mass is 348 g/mol. The van der Waals surface area contributed by atoms with Crippen LogP contribution in [0.3, 0.4) is 0 Å². The van der Waals surface area contributed by atoms with E-state index in [1.54, 1.807) is 0 Å². The number of alkyl halides is 3. The molecule has 0 fully saturated rings. The molecule has 0 radical (unpaired) electrons. The van der Waals surface area contributed by atoms with Crippen molar-refractivity contribution in [3.63, 3.8) is 0 Å². The Bertz CT molecular complexity index is 806. The zero-order valence-corrected chi connectivity index (χ0v) is 12.3. The summed E-state index contributed by atoms with van der Waals surface area (Å²) in [4.78, 5) is 14.9. The molecular weight excluding hydrogens is 340 g/mol. The number of nitrogens with two attached hydrogens (primary N) is 1. The van der Waals surface area contributed by atoms with Gasteiger partial charge in [-0.2, -0.15) is 13.2 Å². The number of pyridine rings is 1. The van der Waals surface area contributed by atoms with Gasteiger partial charge in [0.1, 0.15) is 5.82 Å². The van der Waals surface area contributed by atoms with Crippen LogP contribution in [0.5, 0.6) is 0 Å². The van der Waals surface area contributed by atoms with Gasteiger partial charge in [-0.05, 0) is 24.6 Å².